The van der Waals surface area contributed by atoms with Gasteiger partial charge in [-0.1, -0.05) is 287 Å². The number of carbonyl (C=O) groups is 4. The summed E-state index contributed by atoms with van der Waals surface area (Å²) in [6.07, 6.45) is 98.6. The van der Waals surface area contributed by atoms with Gasteiger partial charge in [-0.3, -0.25) is 37.3 Å². The fourth-order valence-corrected chi connectivity index (χ4v) is 12.1. The van der Waals surface area contributed by atoms with Crippen LogP contribution in [0.1, 0.15) is 310 Å². The van der Waals surface area contributed by atoms with Gasteiger partial charge in [0.05, 0.1) is 26.4 Å². The number of phosphoric ester groups is 2. The summed E-state index contributed by atoms with van der Waals surface area (Å²) < 4.78 is 68.7. The van der Waals surface area contributed by atoms with Gasteiger partial charge in [0.15, 0.2) is 12.2 Å². The largest absolute Gasteiger partial charge is 0.472 e. The first-order valence-corrected chi connectivity index (χ1v) is 45.0. The van der Waals surface area contributed by atoms with Gasteiger partial charge in [0.1, 0.15) is 19.3 Å². The summed E-state index contributed by atoms with van der Waals surface area (Å²) in [7, 11) is -10.0. The van der Waals surface area contributed by atoms with Crippen LogP contribution in [0.3, 0.4) is 0 Å². The van der Waals surface area contributed by atoms with Gasteiger partial charge in [0.25, 0.3) is 0 Å². The molecule has 0 spiro atoms. The van der Waals surface area contributed by atoms with E-state index in [1.54, 1.807) is 0 Å². The van der Waals surface area contributed by atoms with E-state index in [0.29, 0.717) is 25.7 Å². The number of aliphatic hydroxyl groups is 1. The maximum absolute atomic E-state index is 13.1. The number of carbonyl (C=O) groups excluding carboxylic acids is 4. The molecule has 5 unspecified atom stereocenters. The van der Waals surface area contributed by atoms with Crippen molar-refractivity contribution in [3.63, 3.8) is 0 Å². The number of esters is 4. The third-order valence-corrected chi connectivity index (χ3v) is 18.7. The van der Waals surface area contributed by atoms with Crippen molar-refractivity contribution in [2.75, 3.05) is 39.6 Å². The van der Waals surface area contributed by atoms with E-state index >= 15 is 0 Å². The van der Waals surface area contributed by atoms with E-state index in [1.165, 1.54) is 19.3 Å². The second-order valence-electron chi connectivity index (χ2n) is 27.3. The lowest BCUT2D eigenvalue weighted by atomic mass is 10.1. The van der Waals surface area contributed by atoms with Gasteiger partial charge in [-0.15, -0.1) is 0 Å². The van der Waals surface area contributed by atoms with Crippen LogP contribution in [0, 0.1) is 0 Å². The molecule has 19 heteroatoms. The third kappa shape index (κ3) is 80.2. The summed E-state index contributed by atoms with van der Waals surface area (Å²) in [5.41, 5.74) is 0. The van der Waals surface area contributed by atoms with E-state index in [1.807, 2.05) is 0 Å². The first-order chi connectivity index (χ1) is 53.7. The van der Waals surface area contributed by atoms with Crippen LogP contribution in [0.4, 0.5) is 0 Å². The SMILES string of the molecule is CC/C=C\C/C=C\C/C=C\C/C=C\C/C=C\CCCCCC(=O)OCC(COP(=O)(O)OCC(O)COP(=O)(O)OCC(COC(=O)CCCCCCCC/C=C\C/C=C\C/C=C\CCCCC)OC(=O)CCCCCCC/C=C\C/C=C\CCC)OC(=O)CCCCC/C=C\C/C=C\C/C=C\C/C=C\C/C=C\CC. The molecule has 0 saturated carbocycles. The van der Waals surface area contributed by atoms with Gasteiger partial charge in [-0.05, 0) is 180 Å². The quantitative estimate of drug-likeness (QED) is 0.0169. The van der Waals surface area contributed by atoms with E-state index in [2.05, 4.69) is 210 Å². The molecule has 0 aromatic heterocycles. The molecule has 0 heterocycles. The lowest BCUT2D eigenvalue weighted by molar-refractivity contribution is -0.161. The monoisotopic (exact) mass is 1580 g/mol. The molecule has 0 amide bonds. The van der Waals surface area contributed by atoms with E-state index in [9.17, 15) is 43.2 Å². The van der Waals surface area contributed by atoms with E-state index in [4.69, 9.17) is 37.0 Å². The molecule has 17 nitrogen and oxygen atoms in total. The minimum atomic E-state index is -5.01. The molecular formula is C91H148O17P2. The minimum absolute atomic E-state index is 0.0404. The molecule has 0 aliphatic heterocycles. The molecule has 624 valence electrons. The highest BCUT2D eigenvalue weighted by molar-refractivity contribution is 7.47. The molecule has 0 fully saturated rings. The molecule has 0 saturated heterocycles. The predicted molar refractivity (Wildman–Crippen MR) is 454 cm³/mol. The highest BCUT2D eigenvalue weighted by Gasteiger charge is 2.30. The Morgan fingerprint density at radius 3 is 0.773 bits per heavy atom. The fraction of sp³-hybridized carbons (Fsp3) is 0.626. The lowest BCUT2D eigenvalue weighted by Gasteiger charge is -2.21. The Hall–Kier alpha value is -5.84. The first kappa shape index (κ1) is 104. The molecule has 0 radical (unpaired) electrons. The zero-order valence-corrected chi connectivity index (χ0v) is 70.1. The van der Waals surface area contributed by atoms with Crippen LogP contribution in [0.5, 0.6) is 0 Å². The number of ether oxygens (including phenoxy) is 4. The Kier molecular flexibility index (Phi) is 76.9. The number of rotatable bonds is 77. The number of unbranched alkanes of at least 4 members (excludes halogenated alkanes) is 21. The molecule has 5 atom stereocenters. The normalized spacial score (nSPS) is 14.7. The van der Waals surface area contributed by atoms with Gasteiger partial charge >= 0.3 is 39.5 Å². The van der Waals surface area contributed by atoms with Crippen molar-refractivity contribution in [2.24, 2.45) is 0 Å². The summed E-state index contributed by atoms with van der Waals surface area (Å²) in [5, 5.41) is 10.7. The molecule has 0 bridgehead atoms. The second kappa shape index (κ2) is 81.2. The second-order valence-corrected chi connectivity index (χ2v) is 30.2. The number of aliphatic hydroxyl groups excluding tert-OH is 1. The highest BCUT2D eigenvalue weighted by atomic mass is 31.2. The van der Waals surface area contributed by atoms with Crippen molar-refractivity contribution in [3.8, 4) is 0 Å². The molecule has 0 aliphatic rings. The Morgan fingerprint density at radius 1 is 0.264 bits per heavy atom. The Morgan fingerprint density at radius 2 is 0.491 bits per heavy atom. The third-order valence-electron chi connectivity index (χ3n) is 16.8. The maximum Gasteiger partial charge on any atom is 0.472 e. The molecule has 0 aromatic rings. The number of allylic oxidation sites excluding steroid dienone is 30. The van der Waals surface area contributed by atoms with Crippen molar-refractivity contribution in [1.29, 1.82) is 0 Å². The number of phosphoric acid groups is 2. The smallest absolute Gasteiger partial charge is 0.462 e. The summed E-state index contributed by atoms with van der Waals surface area (Å²) >= 11 is 0. The topological polar surface area (TPSA) is 237 Å². The van der Waals surface area contributed by atoms with Crippen LogP contribution < -0.4 is 0 Å². The van der Waals surface area contributed by atoms with Crippen LogP contribution in [0.15, 0.2) is 182 Å². The van der Waals surface area contributed by atoms with Gasteiger partial charge in [0, 0.05) is 25.7 Å². The zero-order valence-electron chi connectivity index (χ0n) is 68.4. The molecule has 0 rings (SSSR count). The highest BCUT2D eigenvalue weighted by Crippen LogP contribution is 2.45. The summed E-state index contributed by atoms with van der Waals surface area (Å²) in [6.45, 7) is 4.45. The Balaban J connectivity index is 5.47. The molecule has 0 aromatic carbocycles. The van der Waals surface area contributed by atoms with Gasteiger partial charge in [-0.2, -0.15) is 0 Å². The average molecular weight is 1580 g/mol. The fourth-order valence-electron chi connectivity index (χ4n) is 10.5. The summed E-state index contributed by atoms with van der Waals surface area (Å²) in [5.74, 6) is -2.29. The standard InChI is InChI=1S/C91H148O17P2/c1-5-9-13-17-21-25-29-33-36-39-42-45-48-52-55-59-63-67-71-75-88(93)101-81-86(107-90(95)77-73-69-65-61-57-51-32-28-24-20-16-12-8-4)83-105-109(97,98)103-79-85(92)80-104-110(99,100)106-84-87(108-91(96)78-74-70-66-62-58-54-50-47-44-41-38-35-31-27-23-19-15-11-7-3)82-102-89(94)76-72-68-64-60-56-53-49-46-43-40-37-34-30-26-22-18-14-10-6-2/h10-11,14-16,20-23,25-28,32-38,42-47,53-54,56,58,85-87,92H,5-9,12-13,17-19,24,29-31,39-41,48-52,55,57,59-84H2,1-4H3,(H,97,98)(H,99,100)/b14-10-,15-11-,20-16-,25-21-,26-22-,27-23-,32-28-,36-33-,37-34-,38-35-,45-42-,46-43-,47-44-,56-53-,58-54-. The van der Waals surface area contributed by atoms with E-state index in [-0.39, 0.29) is 25.7 Å². The minimum Gasteiger partial charge on any atom is -0.462 e. The van der Waals surface area contributed by atoms with E-state index < -0.39 is 97.5 Å². The first-order valence-electron chi connectivity index (χ1n) is 42.0. The average Bonchev–Trinajstić information content (AvgIpc) is 0.900. The Bertz CT molecular complexity index is 2800. The maximum atomic E-state index is 13.1. The van der Waals surface area contributed by atoms with Crippen molar-refractivity contribution in [3.05, 3.63) is 182 Å². The van der Waals surface area contributed by atoms with Crippen LogP contribution in [-0.4, -0.2) is 96.7 Å². The van der Waals surface area contributed by atoms with Crippen LogP contribution in [0.25, 0.3) is 0 Å². The van der Waals surface area contributed by atoms with Crippen molar-refractivity contribution >= 4 is 39.5 Å². The van der Waals surface area contributed by atoms with Crippen LogP contribution >= 0.6 is 15.6 Å². The van der Waals surface area contributed by atoms with Crippen LogP contribution in [0.2, 0.25) is 0 Å². The molecule has 0 aliphatic carbocycles. The lowest BCUT2D eigenvalue weighted by Crippen LogP contribution is -2.30. The number of hydrogen-bond acceptors (Lipinski definition) is 15. The van der Waals surface area contributed by atoms with E-state index in [0.717, 1.165) is 212 Å². The number of hydrogen-bond donors (Lipinski definition) is 3. The molecular weight excluding hydrogens is 1430 g/mol. The molecule has 3 N–H and O–H groups in total. The van der Waals surface area contributed by atoms with Gasteiger partial charge in [-0.25, -0.2) is 9.13 Å². The van der Waals surface area contributed by atoms with Gasteiger partial charge in [0.2, 0.25) is 0 Å². The van der Waals surface area contributed by atoms with Gasteiger partial charge < -0.3 is 33.8 Å². The van der Waals surface area contributed by atoms with Crippen molar-refractivity contribution in [1.82, 2.24) is 0 Å². The Labute approximate surface area is 666 Å². The zero-order chi connectivity index (χ0) is 80.3. The summed E-state index contributed by atoms with van der Waals surface area (Å²) in [4.78, 5) is 73.2. The predicted octanol–water partition coefficient (Wildman–Crippen LogP) is 25.1. The summed E-state index contributed by atoms with van der Waals surface area (Å²) in [6, 6.07) is 0. The van der Waals surface area contributed by atoms with Crippen LogP contribution in [-0.2, 0) is 65.4 Å². The molecule has 110 heavy (non-hydrogen) atoms. The van der Waals surface area contributed by atoms with Crippen molar-refractivity contribution < 1.29 is 80.2 Å². The van der Waals surface area contributed by atoms with Crippen molar-refractivity contribution in [2.45, 2.75) is 329 Å².